The Balaban J connectivity index is 2.32. The Labute approximate surface area is 129 Å². The van der Waals surface area contributed by atoms with E-state index in [1.807, 2.05) is 11.7 Å². The summed E-state index contributed by atoms with van der Waals surface area (Å²) in [6.07, 6.45) is 2.70. The van der Waals surface area contributed by atoms with E-state index in [2.05, 4.69) is 12.0 Å². The lowest BCUT2D eigenvalue weighted by molar-refractivity contribution is -0.384. The number of nitro benzene ring substituents is 1. The van der Waals surface area contributed by atoms with Crippen molar-refractivity contribution in [3.05, 3.63) is 56.9 Å². The molecule has 0 saturated carbocycles. The minimum Gasteiger partial charge on any atom is -0.378 e. The molecule has 1 aromatic heterocycles. The molecule has 0 spiro atoms. The molecule has 2 rings (SSSR count). The maximum absolute atomic E-state index is 10.7. The number of aryl methyl sites for hydroxylation is 1. The molecule has 1 aromatic carbocycles. The topological polar surface area (TPSA) is 70.2 Å². The quantitative estimate of drug-likeness (QED) is 0.582. The van der Waals surface area contributed by atoms with Crippen LogP contribution < -0.4 is 0 Å². The highest BCUT2D eigenvalue weighted by Gasteiger charge is 2.16. The number of nitro groups is 1. The van der Waals surface area contributed by atoms with Crippen LogP contribution in [0.3, 0.4) is 0 Å². The van der Waals surface area contributed by atoms with Crippen LogP contribution >= 0.6 is 0 Å². The van der Waals surface area contributed by atoms with Gasteiger partial charge in [-0.3, -0.25) is 14.8 Å². The molecule has 6 nitrogen and oxygen atoms in total. The Morgan fingerprint density at radius 1 is 1.32 bits per heavy atom. The largest absolute Gasteiger partial charge is 0.378 e. The molecule has 22 heavy (non-hydrogen) atoms. The van der Waals surface area contributed by atoms with Crippen LogP contribution in [0.25, 0.3) is 0 Å². The second-order valence-electron chi connectivity index (χ2n) is 5.28. The molecule has 0 unspecified atom stereocenters. The monoisotopic (exact) mass is 303 g/mol. The second-order valence-corrected chi connectivity index (χ2v) is 5.28. The molecule has 0 aliphatic carbocycles. The van der Waals surface area contributed by atoms with Crippen molar-refractivity contribution >= 4 is 5.69 Å². The van der Waals surface area contributed by atoms with Gasteiger partial charge in [-0.2, -0.15) is 5.10 Å². The first-order chi connectivity index (χ1) is 10.6. The van der Waals surface area contributed by atoms with E-state index in [1.54, 1.807) is 31.4 Å². The Kier molecular flexibility index (Phi) is 5.27. The smallest absolute Gasteiger partial charge is 0.269 e. The van der Waals surface area contributed by atoms with Crippen molar-refractivity contribution in [2.45, 2.75) is 32.8 Å². The highest BCUT2D eigenvalue weighted by Crippen LogP contribution is 2.22. The number of hydrogen-bond acceptors (Lipinski definition) is 4. The van der Waals surface area contributed by atoms with Crippen molar-refractivity contribution in [3.63, 3.8) is 0 Å². The number of nitrogens with zero attached hydrogens (tertiary/aromatic N) is 3. The molecule has 118 valence electrons. The molecule has 0 aliphatic rings. The number of benzene rings is 1. The van der Waals surface area contributed by atoms with Gasteiger partial charge in [0.25, 0.3) is 5.69 Å². The van der Waals surface area contributed by atoms with Gasteiger partial charge in [-0.15, -0.1) is 0 Å². The minimum absolute atomic E-state index is 0.112. The number of rotatable bonds is 7. The summed E-state index contributed by atoms with van der Waals surface area (Å²) in [6.45, 7) is 2.61. The average molecular weight is 303 g/mol. The lowest BCUT2D eigenvalue weighted by Gasteiger charge is -2.07. The number of methoxy groups -OCH3 is 1. The van der Waals surface area contributed by atoms with Gasteiger partial charge in [0, 0.05) is 44.0 Å². The molecule has 0 atom stereocenters. The fourth-order valence-electron chi connectivity index (χ4n) is 2.61. The van der Waals surface area contributed by atoms with Gasteiger partial charge in [0.2, 0.25) is 0 Å². The van der Waals surface area contributed by atoms with E-state index < -0.39 is 0 Å². The van der Waals surface area contributed by atoms with Crippen LogP contribution in [0.15, 0.2) is 24.3 Å². The summed E-state index contributed by atoms with van der Waals surface area (Å²) in [6, 6.07) is 6.69. The molecule has 0 aliphatic heterocycles. The fourth-order valence-corrected chi connectivity index (χ4v) is 2.61. The maximum Gasteiger partial charge on any atom is 0.269 e. The zero-order valence-corrected chi connectivity index (χ0v) is 13.2. The lowest BCUT2D eigenvalue weighted by atomic mass is 10.0. The lowest BCUT2D eigenvalue weighted by Crippen LogP contribution is -2.01. The fraction of sp³-hybridized carbons (Fsp3) is 0.438. The van der Waals surface area contributed by atoms with E-state index in [4.69, 9.17) is 4.74 Å². The molecule has 0 saturated heterocycles. The van der Waals surface area contributed by atoms with Gasteiger partial charge in [0.05, 0.1) is 17.2 Å². The molecule has 0 amide bonds. The van der Waals surface area contributed by atoms with Crippen LogP contribution in [-0.4, -0.2) is 21.8 Å². The van der Waals surface area contributed by atoms with Crippen molar-refractivity contribution in [1.82, 2.24) is 9.78 Å². The summed E-state index contributed by atoms with van der Waals surface area (Å²) in [7, 11) is 3.60. The molecule has 6 heteroatoms. The van der Waals surface area contributed by atoms with Crippen molar-refractivity contribution in [3.8, 4) is 0 Å². The van der Waals surface area contributed by atoms with E-state index in [1.165, 1.54) is 11.3 Å². The summed E-state index contributed by atoms with van der Waals surface area (Å²) in [5.74, 6) is 0. The third-order valence-corrected chi connectivity index (χ3v) is 3.65. The van der Waals surface area contributed by atoms with E-state index >= 15 is 0 Å². The molecule has 0 fully saturated rings. The first-order valence-electron chi connectivity index (χ1n) is 7.32. The van der Waals surface area contributed by atoms with Gasteiger partial charge in [-0.25, -0.2) is 0 Å². The van der Waals surface area contributed by atoms with Crippen molar-refractivity contribution in [1.29, 1.82) is 0 Å². The van der Waals surface area contributed by atoms with E-state index in [-0.39, 0.29) is 10.6 Å². The number of non-ortho nitro benzene ring substituents is 1. The number of ether oxygens (including phenoxy) is 1. The van der Waals surface area contributed by atoms with Crippen molar-refractivity contribution < 1.29 is 9.66 Å². The van der Waals surface area contributed by atoms with E-state index in [9.17, 15) is 10.1 Å². The molecular weight excluding hydrogens is 282 g/mol. The molecule has 2 aromatic rings. The van der Waals surface area contributed by atoms with Gasteiger partial charge in [-0.05, 0) is 12.0 Å². The summed E-state index contributed by atoms with van der Waals surface area (Å²) < 4.78 is 7.15. The molecule has 0 bridgehead atoms. The van der Waals surface area contributed by atoms with Gasteiger partial charge in [-0.1, -0.05) is 25.5 Å². The van der Waals surface area contributed by atoms with Crippen LogP contribution in [0.4, 0.5) is 5.69 Å². The third-order valence-electron chi connectivity index (χ3n) is 3.65. The van der Waals surface area contributed by atoms with Gasteiger partial charge in [0.1, 0.15) is 0 Å². The predicted molar refractivity (Wildman–Crippen MR) is 83.8 cm³/mol. The van der Waals surface area contributed by atoms with Crippen LogP contribution in [0.1, 0.15) is 35.9 Å². The van der Waals surface area contributed by atoms with Crippen molar-refractivity contribution in [2.75, 3.05) is 7.11 Å². The highest BCUT2D eigenvalue weighted by molar-refractivity contribution is 5.38. The van der Waals surface area contributed by atoms with Gasteiger partial charge >= 0.3 is 0 Å². The third kappa shape index (κ3) is 3.51. The zero-order chi connectivity index (χ0) is 16.1. The van der Waals surface area contributed by atoms with Crippen LogP contribution in [-0.2, 0) is 31.2 Å². The van der Waals surface area contributed by atoms with E-state index in [0.717, 1.165) is 24.1 Å². The standard InChI is InChI=1S/C16H21N3O3/c1-4-5-16-14(15(11-22-3)17-18(16)2)10-12-6-8-13(9-7-12)19(20)21/h6-9H,4-5,10-11H2,1-3H3. The Hall–Kier alpha value is -2.21. The normalized spacial score (nSPS) is 10.9. The second kappa shape index (κ2) is 7.17. The van der Waals surface area contributed by atoms with Crippen LogP contribution in [0, 0.1) is 10.1 Å². The summed E-state index contributed by atoms with van der Waals surface area (Å²) in [4.78, 5) is 10.3. The summed E-state index contributed by atoms with van der Waals surface area (Å²) >= 11 is 0. The maximum atomic E-state index is 10.7. The number of aromatic nitrogens is 2. The predicted octanol–water partition coefficient (Wildman–Crippen LogP) is 3.02. The molecular formula is C16H21N3O3. The SMILES string of the molecule is CCCc1c(Cc2ccc([N+](=O)[O-])cc2)c(COC)nn1C. The van der Waals surface area contributed by atoms with Gasteiger partial charge < -0.3 is 4.74 Å². The Morgan fingerprint density at radius 3 is 2.55 bits per heavy atom. The minimum atomic E-state index is -0.382. The first kappa shape index (κ1) is 16.2. The first-order valence-corrected chi connectivity index (χ1v) is 7.32. The molecule has 0 radical (unpaired) electrons. The summed E-state index contributed by atoms with van der Waals surface area (Å²) in [5.41, 5.74) is 4.45. The van der Waals surface area contributed by atoms with Crippen LogP contribution in [0.2, 0.25) is 0 Å². The van der Waals surface area contributed by atoms with E-state index in [0.29, 0.717) is 13.0 Å². The average Bonchev–Trinajstić information content (AvgIpc) is 2.77. The van der Waals surface area contributed by atoms with Crippen molar-refractivity contribution in [2.24, 2.45) is 7.05 Å². The Bertz CT molecular complexity index is 647. The number of hydrogen-bond donors (Lipinski definition) is 0. The highest BCUT2D eigenvalue weighted by atomic mass is 16.6. The Morgan fingerprint density at radius 2 is 2.00 bits per heavy atom. The zero-order valence-electron chi connectivity index (χ0n) is 13.2. The summed E-state index contributed by atoms with van der Waals surface area (Å²) in [5, 5.41) is 15.3. The van der Waals surface area contributed by atoms with Crippen LogP contribution in [0.5, 0.6) is 0 Å². The molecule has 1 heterocycles. The van der Waals surface area contributed by atoms with Gasteiger partial charge in [0.15, 0.2) is 0 Å². The molecule has 0 N–H and O–H groups in total.